The Hall–Kier alpha value is -1.89. The summed E-state index contributed by atoms with van der Waals surface area (Å²) in [6.07, 6.45) is -3.67. The van der Waals surface area contributed by atoms with Crippen LogP contribution >= 0.6 is 0 Å². The highest BCUT2D eigenvalue weighted by Crippen LogP contribution is 2.41. The molecular formula is C17H21F3N2O2. The average Bonchev–Trinajstić information content (AvgIpc) is 2.90. The van der Waals surface area contributed by atoms with E-state index in [1.54, 1.807) is 24.3 Å². The standard InChI is InChI=1S/C17H21F3N2O2/c1-2-3-9-14-12-16(24,17(18,19)20)22(21-14)15(23)11-10-13-7-5-4-6-8-13/h4-8,24H,2-3,9-12H2,1H3. The first kappa shape index (κ1) is 18.4. The Morgan fingerprint density at radius 1 is 1.29 bits per heavy atom. The number of hydrogen-bond acceptors (Lipinski definition) is 3. The summed E-state index contributed by atoms with van der Waals surface area (Å²) in [7, 11) is 0. The monoisotopic (exact) mass is 342 g/mol. The van der Waals surface area contributed by atoms with E-state index in [-0.39, 0.29) is 17.1 Å². The van der Waals surface area contributed by atoms with Gasteiger partial charge in [-0.2, -0.15) is 23.3 Å². The van der Waals surface area contributed by atoms with Crippen molar-refractivity contribution in [2.45, 2.75) is 57.3 Å². The van der Waals surface area contributed by atoms with Gasteiger partial charge in [0.15, 0.2) is 0 Å². The molecule has 0 fully saturated rings. The van der Waals surface area contributed by atoms with E-state index in [0.717, 1.165) is 12.0 Å². The maximum absolute atomic E-state index is 13.3. The highest BCUT2D eigenvalue weighted by molar-refractivity contribution is 5.90. The maximum Gasteiger partial charge on any atom is 0.438 e. The molecule has 2 rings (SSSR count). The van der Waals surface area contributed by atoms with Crippen molar-refractivity contribution in [2.24, 2.45) is 5.10 Å². The Morgan fingerprint density at radius 2 is 1.96 bits per heavy atom. The zero-order valence-corrected chi connectivity index (χ0v) is 13.5. The first-order chi connectivity index (χ1) is 11.3. The van der Waals surface area contributed by atoms with E-state index in [9.17, 15) is 23.1 Å². The molecule has 1 amide bonds. The minimum atomic E-state index is -4.95. The Labute approximate surface area is 139 Å². The number of unbranched alkanes of at least 4 members (excludes halogenated alkanes) is 1. The topological polar surface area (TPSA) is 52.9 Å². The minimum absolute atomic E-state index is 0.146. The van der Waals surface area contributed by atoms with Crippen LogP contribution in [0.15, 0.2) is 35.4 Å². The molecule has 0 saturated heterocycles. The molecule has 0 aliphatic carbocycles. The Balaban J connectivity index is 2.12. The molecule has 1 aliphatic rings. The fourth-order valence-electron chi connectivity index (χ4n) is 2.62. The van der Waals surface area contributed by atoms with E-state index in [1.165, 1.54) is 0 Å². The van der Waals surface area contributed by atoms with E-state index >= 15 is 0 Å². The Kier molecular flexibility index (Phi) is 5.64. The fourth-order valence-corrected chi connectivity index (χ4v) is 2.62. The molecule has 1 aromatic rings. The number of rotatable bonds is 6. The summed E-state index contributed by atoms with van der Waals surface area (Å²) >= 11 is 0. The lowest BCUT2D eigenvalue weighted by atomic mass is 10.0. The Morgan fingerprint density at radius 3 is 2.54 bits per heavy atom. The summed E-state index contributed by atoms with van der Waals surface area (Å²) in [5.41, 5.74) is -2.18. The highest BCUT2D eigenvalue weighted by Gasteiger charge is 2.62. The van der Waals surface area contributed by atoms with Gasteiger partial charge in [-0.1, -0.05) is 43.7 Å². The molecule has 24 heavy (non-hydrogen) atoms. The van der Waals surface area contributed by atoms with Gasteiger partial charge < -0.3 is 5.11 Å². The SMILES string of the molecule is CCCCC1=NN(C(=O)CCc2ccccc2)C(O)(C(F)(F)F)C1. The number of halogens is 3. The molecule has 0 aromatic heterocycles. The van der Waals surface area contributed by atoms with Crippen molar-refractivity contribution in [3.63, 3.8) is 0 Å². The number of benzene rings is 1. The van der Waals surface area contributed by atoms with Gasteiger partial charge in [0, 0.05) is 18.6 Å². The second-order valence-electron chi connectivity index (χ2n) is 5.95. The van der Waals surface area contributed by atoms with Crippen LogP contribution in [0.2, 0.25) is 0 Å². The number of nitrogens with zero attached hydrogens (tertiary/aromatic N) is 2. The normalized spacial score (nSPS) is 21.0. The number of amides is 1. The first-order valence-corrected chi connectivity index (χ1v) is 8.00. The number of hydrazone groups is 1. The summed E-state index contributed by atoms with van der Waals surface area (Å²) in [5.74, 6) is -0.829. The molecule has 1 aromatic carbocycles. The number of aliphatic hydroxyl groups is 1. The molecule has 0 bridgehead atoms. The van der Waals surface area contributed by atoms with Gasteiger partial charge in [-0.05, 0) is 24.8 Å². The number of aryl methyl sites for hydroxylation is 1. The lowest BCUT2D eigenvalue weighted by Gasteiger charge is -2.32. The fraction of sp³-hybridized carbons (Fsp3) is 0.529. The molecule has 1 atom stereocenters. The van der Waals surface area contributed by atoms with Gasteiger partial charge in [-0.15, -0.1) is 0 Å². The molecule has 0 saturated carbocycles. The van der Waals surface area contributed by atoms with Crippen molar-refractivity contribution >= 4 is 11.6 Å². The molecule has 0 spiro atoms. The smallest absolute Gasteiger partial charge is 0.362 e. The molecule has 4 nitrogen and oxygen atoms in total. The summed E-state index contributed by atoms with van der Waals surface area (Å²) in [6.45, 7) is 1.91. The van der Waals surface area contributed by atoms with Gasteiger partial charge in [0.1, 0.15) is 0 Å². The molecule has 1 heterocycles. The van der Waals surface area contributed by atoms with Gasteiger partial charge in [-0.3, -0.25) is 4.79 Å². The Bertz CT molecular complexity index is 602. The number of hydrogen-bond donors (Lipinski definition) is 1. The molecule has 1 aliphatic heterocycles. The van der Waals surface area contributed by atoms with E-state index in [2.05, 4.69) is 5.10 Å². The predicted octanol–water partition coefficient (Wildman–Crippen LogP) is 3.65. The van der Waals surface area contributed by atoms with Gasteiger partial charge in [-0.25, -0.2) is 0 Å². The van der Waals surface area contributed by atoms with Crippen LogP contribution < -0.4 is 0 Å². The van der Waals surface area contributed by atoms with Crippen molar-refractivity contribution in [3.05, 3.63) is 35.9 Å². The van der Waals surface area contributed by atoms with E-state index < -0.39 is 24.2 Å². The third-order valence-corrected chi connectivity index (χ3v) is 4.02. The number of alkyl halides is 3. The van der Waals surface area contributed by atoms with Gasteiger partial charge in [0.05, 0.1) is 0 Å². The number of carbonyl (C=O) groups excluding carboxylic acids is 1. The van der Waals surface area contributed by atoms with Crippen LogP contribution in [0.4, 0.5) is 13.2 Å². The molecule has 0 radical (unpaired) electrons. The zero-order valence-electron chi connectivity index (χ0n) is 13.5. The maximum atomic E-state index is 13.3. The second kappa shape index (κ2) is 7.34. The van der Waals surface area contributed by atoms with Crippen LogP contribution in [0.25, 0.3) is 0 Å². The molecule has 132 valence electrons. The summed E-state index contributed by atoms with van der Waals surface area (Å²) in [5, 5.41) is 14.1. The second-order valence-corrected chi connectivity index (χ2v) is 5.95. The van der Waals surface area contributed by atoms with Crippen molar-refractivity contribution < 1.29 is 23.1 Å². The van der Waals surface area contributed by atoms with Crippen molar-refractivity contribution in [3.8, 4) is 0 Å². The molecule has 1 unspecified atom stereocenters. The predicted molar refractivity (Wildman–Crippen MR) is 84.2 cm³/mol. The number of carbonyl (C=O) groups is 1. The zero-order chi connectivity index (χ0) is 17.8. The third-order valence-electron chi connectivity index (χ3n) is 4.02. The summed E-state index contributed by atoms with van der Waals surface area (Å²) < 4.78 is 39.9. The lowest BCUT2D eigenvalue weighted by Crippen LogP contribution is -2.56. The summed E-state index contributed by atoms with van der Waals surface area (Å²) in [4.78, 5) is 12.3. The van der Waals surface area contributed by atoms with E-state index in [0.29, 0.717) is 19.3 Å². The first-order valence-electron chi connectivity index (χ1n) is 8.00. The van der Waals surface area contributed by atoms with Crippen LogP contribution in [-0.4, -0.2) is 33.6 Å². The third kappa shape index (κ3) is 3.95. The van der Waals surface area contributed by atoms with Crippen LogP contribution in [-0.2, 0) is 11.2 Å². The average molecular weight is 342 g/mol. The largest absolute Gasteiger partial charge is 0.438 e. The van der Waals surface area contributed by atoms with Crippen LogP contribution in [0.3, 0.4) is 0 Å². The molecule has 1 N–H and O–H groups in total. The lowest BCUT2D eigenvalue weighted by molar-refractivity contribution is -0.302. The van der Waals surface area contributed by atoms with Gasteiger partial charge in [0.25, 0.3) is 5.72 Å². The van der Waals surface area contributed by atoms with Crippen LogP contribution in [0.1, 0.15) is 44.6 Å². The van der Waals surface area contributed by atoms with E-state index in [4.69, 9.17) is 0 Å². The summed E-state index contributed by atoms with van der Waals surface area (Å²) in [6, 6.07) is 9.00. The molecule has 7 heteroatoms. The van der Waals surface area contributed by atoms with Crippen LogP contribution in [0.5, 0.6) is 0 Å². The van der Waals surface area contributed by atoms with E-state index in [1.807, 2.05) is 13.0 Å². The van der Waals surface area contributed by atoms with Gasteiger partial charge in [0.2, 0.25) is 5.91 Å². The highest BCUT2D eigenvalue weighted by atomic mass is 19.4. The molecular weight excluding hydrogens is 321 g/mol. The minimum Gasteiger partial charge on any atom is -0.362 e. The van der Waals surface area contributed by atoms with Crippen molar-refractivity contribution in [1.29, 1.82) is 0 Å². The van der Waals surface area contributed by atoms with Crippen molar-refractivity contribution in [2.75, 3.05) is 0 Å². The van der Waals surface area contributed by atoms with Crippen LogP contribution in [0, 0.1) is 0 Å². The quantitative estimate of drug-likeness (QED) is 0.858. The van der Waals surface area contributed by atoms with Crippen molar-refractivity contribution in [1.82, 2.24) is 5.01 Å². The van der Waals surface area contributed by atoms with Gasteiger partial charge >= 0.3 is 6.18 Å².